The molecule has 0 radical (unpaired) electrons. The maximum atomic E-state index is 13.0. The van der Waals surface area contributed by atoms with E-state index < -0.39 is 0 Å². The number of benzene rings is 1. The molecule has 0 bridgehead atoms. The van der Waals surface area contributed by atoms with Crippen molar-refractivity contribution in [1.82, 2.24) is 9.97 Å². The van der Waals surface area contributed by atoms with Gasteiger partial charge >= 0.3 is 0 Å². The monoisotopic (exact) mass is 234 g/mol. The van der Waals surface area contributed by atoms with E-state index in [1.54, 1.807) is 6.07 Å². The highest BCUT2D eigenvalue weighted by Gasteiger charge is 2.05. The quantitative estimate of drug-likeness (QED) is 0.849. The molecule has 0 saturated heterocycles. The van der Waals surface area contributed by atoms with E-state index in [4.69, 9.17) is 10.5 Å². The van der Waals surface area contributed by atoms with E-state index in [0.717, 1.165) is 0 Å². The molecule has 17 heavy (non-hydrogen) atoms. The molecule has 0 aliphatic carbocycles. The van der Waals surface area contributed by atoms with Gasteiger partial charge in [0.2, 0.25) is 5.95 Å². The molecule has 0 saturated carbocycles. The first-order valence-corrected chi connectivity index (χ1v) is 4.87. The van der Waals surface area contributed by atoms with Crippen LogP contribution in [0.2, 0.25) is 0 Å². The number of hydrogen-bond acceptors (Lipinski definition) is 5. The third kappa shape index (κ3) is 2.60. The molecule has 0 atom stereocenters. The van der Waals surface area contributed by atoms with Gasteiger partial charge in [-0.1, -0.05) is 0 Å². The molecule has 88 valence electrons. The van der Waals surface area contributed by atoms with Gasteiger partial charge in [0.05, 0.1) is 30.9 Å². The summed E-state index contributed by atoms with van der Waals surface area (Å²) >= 11 is 0. The number of nitrogen functional groups attached to an aromatic ring is 1. The lowest BCUT2D eigenvalue weighted by atomic mass is 10.3. The number of nitrogens with zero attached hydrogens (tertiary/aromatic N) is 2. The second kappa shape index (κ2) is 4.65. The highest BCUT2D eigenvalue weighted by molar-refractivity contribution is 5.62. The molecule has 0 amide bonds. The topological polar surface area (TPSA) is 73.1 Å². The zero-order chi connectivity index (χ0) is 12.3. The van der Waals surface area contributed by atoms with Crippen molar-refractivity contribution in [3.63, 3.8) is 0 Å². The third-order valence-electron chi connectivity index (χ3n) is 2.08. The number of nitrogens with two attached hydrogens (primary N) is 1. The predicted molar refractivity (Wildman–Crippen MR) is 62.7 cm³/mol. The van der Waals surface area contributed by atoms with Crippen LogP contribution in [-0.2, 0) is 0 Å². The predicted octanol–water partition coefficient (Wildman–Crippen LogP) is 1.95. The van der Waals surface area contributed by atoms with Crippen LogP contribution in [0.5, 0.6) is 5.75 Å². The van der Waals surface area contributed by atoms with E-state index in [2.05, 4.69) is 15.3 Å². The lowest BCUT2D eigenvalue weighted by Gasteiger charge is -2.09. The SMILES string of the molecule is COc1cc(F)ccc1Nc1ncc(N)cn1. The Balaban J connectivity index is 2.26. The highest BCUT2D eigenvalue weighted by Crippen LogP contribution is 2.26. The fourth-order valence-electron chi connectivity index (χ4n) is 1.29. The zero-order valence-corrected chi connectivity index (χ0v) is 9.14. The molecule has 5 nitrogen and oxygen atoms in total. The normalized spacial score (nSPS) is 10.0. The van der Waals surface area contributed by atoms with Gasteiger partial charge in [0, 0.05) is 6.07 Å². The number of aromatic nitrogens is 2. The fourth-order valence-corrected chi connectivity index (χ4v) is 1.29. The van der Waals surface area contributed by atoms with Crippen LogP contribution in [0, 0.1) is 5.82 Å². The van der Waals surface area contributed by atoms with Crippen molar-refractivity contribution in [3.05, 3.63) is 36.4 Å². The molecule has 1 aromatic heterocycles. The first-order chi connectivity index (χ1) is 8.19. The summed E-state index contributed by atoms with van der Waals surface area (Å²) in [5.41, 5.74) is 6.52. The van der Waals surface area contributed by atoms with Gasteiger partial charge in [0.25, 0.3) is 0 Å². The Bertz CT molecular complexity index is 515. The number of rotatable bonds is 3. The number of methoxy groups -OCH3 is 1. The second-order valence-corrected chi connectivity index (χ2v) is 3.31. The molecule has 2 aromatic rings. The van der Waals surface area contributed by atoms with Crippen molar-refractivity contribution >= 4 is 17.3 Å². The standard InChI is InChI=1S/C11H11FN4O/c1-17-10-4-7(12)2-3-9(10)16-11-14-5-8(13)6-15-11/h2-6H,13H2,1H3,(H,14,15,16). The molecule has 0 aliphatic heterocycles. The van der Waals surface area contributed by atoms with Crippen LogP contribution in [0.25, 0.3) is 0 Å². The summed E-state index contributed by atoms with van der Waals surface area (Å²) in [6.45, 7) is 0. The summed E-state index contributed by atoms with van der Waals surface area (Å²) < 4.78 is 18.0. The second-order valence-electron chi connectivity index (χ2n) is 3.31. The smallest absolute Gasteiger partial charge is 0.227 e. The molecule has 0 unspecified atom stereocenters. The Morgan fingerprint density at radius 2 is 2.00 bits per heavy atom. The molecular weight excluding hydrogens is 223 g/mol. The van der Waals surface area contributed by atoms with Gasteiger partial charge in [-0.2, -0.15) is 0 Å². The minimum Gasteiger partial charge on any atom is -0.494 e. The number of halogens is 1. The number of anilines is 3. The molecule has 0 aliphatic rings. The van der Waals surface area contributed by atoms with E-state index in [1.165, 1.54) is 31.6 Å². The van der Waals surface area contributed by atoms with E-state index in [0.29, 0.717) is 23.1 Å². The van der Waals surface area contributed by atoms with Crippen molar-refractivity contribution in [2.75, 3.05) is 18.2 Å². The molecular formula is C11H11FN4O. The average Bonchev–Trinajstić information content (AvgIpc) is 2.34. The Hall–Kier alpha value is -2.37. The van der Waals surface area contributed by atoms with Crippen LogP contribution in [0.1, 0.15) is 0 Å². The van der Waals surface area contributed by atoms with E-state index in [9.17, 15) is 4.39 Å². The minimum atomic E-state index is -0.370. The average molecular weight is 234 g/mol. The summed E-state index contributed by atoms with van der Waals surface area (Å²) in [7, 11) is 1.46. The van der Waals surface area contributed by atoms with Gasteiger partial charge in [-0.05, 0) is 12.1 Å². The van der Waals surface area contributed by atoms with Gasteiger partial charge in [0.15, 0.2) is 0 Å². The van der Waals surface area contributed by atoms with E-state index in [-0.39, 0.29) is 5.82 Å². The van der Waals surface area contributed by atoms with Crippen molar-refractivity contribution in [2.45, 2.75) is 0 Å². The first kappa shape index (κ1) is 11.1. The van der Waals surface area contributed by atoms with Gasteiger partial charge < -0.3 is 15.8 Å². The van der Waals surface area contributed by atoms with Crippen molar-refractivity contribution in [2.24, 2.45) is 0 Å². The molecule has 2 rings (SSSR count). The number of hydrogen-bond donors (Lipinski definition) is 2. The van der Waals surface area contributed by atoms with Crippen molar-refractivity contribution in [3.8, 4) is 5.75 Å². The van der Waals surface area contributed by atoms with Crippen LogP contribution in [0.4, 0.5) is 21.7 Å². The fraction of sp³-hybridized carbons (Fsp3) is 0.0909. The van der Waals surface area contributed by atoms with Crippen LogP contribution in [0.15, 0.2) is 30.6 Å². The third-order valence-corrected chi connectivity index (χ3v) is 2.08. The van der Waals surface area contributed by atoms with E-state index in [1.807, 2.05) is 0 Å². The summed E-state index contributed by atoms with van der Waals surface area (Å²) in [4.78, 5) is 7.95. The van der Waals surface area contributed by atoms with Gasteiger partial charge in [-0.15, -0.1) is 0 Å². The zero-order valence-electron chi connectivity index (χ0n) is 9.14. The number of ether oxygens (including phenoxy) is 1. The lowest BCUT2D eigenvalue weighted by Crippen LogP contribution is -2.00. The molecule has 0 fully saturated rings. The van der Waals surface area contributed by atoms with Crippen molar-refractivity contribution < 1.29 is 9.13 Å². The summed E-state index contributed by atoms with van der Waals surface area (Å²) in [6.07, 6.45) is 2.96. The molecule has 0 spiro atoms. The highest BCUT2D eigenvalue weighted by atomic mass is 19.1. The maximum absolute atomic E-state index is 13.0. The van der Waals surface area contributed by atoms with Crippen LogP contribution >= 0.6 is 0 Å². The first-order valence-electron chi connectivity index (χ1n) is 4.87. The molecule has 1 aromatic carbocycles. The summed E-state index contributed by atoms with van der Waals surface area (Å²) in [5.74, 6) is 0.375. The Morgan fingerprint density at radius 1 is 1.29 bits per heavy atom. The van der Waals surface area contributed by atoms with Crippen molar-refractivity contribution in [1.29, 1.82) is 0 Å². The molecule has 3 N–H and O–H groups in total. The summed E-state index contributed by atoms with van der Waals surface area (Å²) in [6, 6.07) is 4.15. The molecule has 6 heteroatoms. The van der Waals surface area contributed by atoms with Crippen LogP contribution in [-0.4, -0.2) is 17.1 Å². The van der Waals surface area contributed by atoms with Gasteiger partial charge in [0.1, 0.15) is 11.6 Å². The lowest BCUT2D eigenvalue weighted by molar-refractivity contribution is 0.413. The Labute approximate surface area is 97.5 Å². The maximum Gasteiger partial charge on any atom is 0.227 e. The van der Waals surface area contributed by atoms with Crippen LogP contribution < -0.4 is 15.8 Å². The Kier molecular flexibility index (Phi) is 3.04. The largest absolute Gasteiger partial charge is 0.494 e. The van der Waals surface area contributed by atoms with Gasteiger partial charge in [-0.3, -0.25) is 0 Å². The van der Waals surface area contributed by atoms with Gasteiger partial charge in [-0.25, -0.2) is 14.4 Å². The number of nitrogens with one attached hydrogen (secondary N) is 1. The molecule has 1 heterocycles. The summed E-state index contributed by atoms with van der Waals surface area (Å²) in [5, 5.41) is 2.91. The van der Waals surface area contributed by atoms with Crippen LogP contribution in [0.3, 0.4) is 0 Å². The van der Waals surface area contributed by atoms with E-state index >= 15 is 0 Å². The Morgan fingerprint density at radius 3 is 2.65 bits per heavy atom. The minimum absolute atomic E-state index is 0.365.